The van der Waals surface area contributed by atoms with Crippen molar-refractivity contribution in [1.29, 1.82) is 0 Å². The fourth-order valence-corrected chi connectivity index (χ4v) is 9.03. The van der Waals surface area contributed by atoms with Crippen molar-refractivity contribution in [2.75, 3.05) is 13.6 Å². The number of benzene rings is 1. The Hall–Kier alpha value is -1.39. The van der Waals surface area contributed by atoms with Gasteiger partial charge in [-0.1, -0.05) is 64.5 Å². The van der Waals surface area contributed by atoms with Crippen LogP contribution in [0, 0.1) is 11.8 Å². The van der Waals surface area contributed by atoms with Crippen LogP contribution < -0.4 is 0 Å². The Kier molecular flexibility index (Phi) is 7.45. The van der Waals surface area contributed by atoms with Crippen LogP contribution in [0.2, 0.25) is 0 Å². The summed E-state index contributed by atoms with van der Waals surface area (Å²) >= 11 is 0. The molecule has 0 N–H and O–H groups in total. The van der Waals surface area contributed by atoms with Crippen LogP contribution in [0.3, 0.4) is 0 Å². The topological polar surface area (TPSA) is 24.3 Å². The van der Waals surface area contributed by atoms with Gasteiger partial charge >= 0.3 is 0 Å². The van der Waals surface area contributed by atoms with Crippen LogP contribution in [0.25, 0.3) is 11.0 Å². The lowest BCUT2D eigenvalue weighted by Gasteiger charge is -2.55. The molecule has 4 bridgehead atoms. The Labute approximate surface area is 219 Å². The van der Waals surface area contributed by atoms with E-state index in [1.165, 1.54) is 107 Å². The maximum Gasteiger partial charge on any atom is 0.127 e. The van der Waals surface area contributed by atoms with E-state index in [2.05, 4.69) is 59.5 Å². The minimum atomic E-state index is 0.409. The van der Waals surface area contributed by atoms with Crippen LogP contribution in [0.4, 0.5) is 0 Å². The van der Waals surface area contributed by atoms with E-state index in [1.807, 2.05) is 0 Å². The lowest BCUT2D eigenvalue weighted by molar-refractivity contribution is -0.0424. The van der Waals surface area contributed by atoms with E-state index >= 15 is 0 Å². The van der Waals surface area contributed by atoms with Gasteiger partial charge in [0.2, 0.25) is 0 Å². The standard InChI is InChI=1S/C32H50N4/c1-4-11-31(34(3)5-2)32-33-29-16-8-9-17-30(29)36(32)28-21-25-14-10-15-26(22-28)35(25)27-19-23-12-6-7-13-24(18-23)20-27/h8-9,16-17,23-28,31H,4-7,10-15,18-22H2,1-3H3/t23?,24?,25-,26+,27?,28?,31-/m0/s1. The number of fused-ring (bicyclic) bond motifs is 5. The van der Waals surface area contributed by atoms with Gasteiger partial charge in [-0.05, 0) is 88.9 Å². The minimum absolute atomic E-state index is 0.409. The largest absolute Gasteiger partial charge is 0.323 e. The Morgan fingerprint density at radius 2 is 1.53 bits per heavy atom. The second-order valence-electron chi connectivity index (χ2n) is 12.9. The average Bonchev–Trinajstić information content (AvgIpc) is 3.18. The molecule has 1 aromatic carbocycles. The smallest absolute Gasteiger partial charge is 0.127 e. The van der Waals surface area contributed by atoms with Crippen LogP contribution in [0.15, 0.2) is 24.3 Å². The van der Waals surface area contributed by atoms with E-state index < -0.39 is 0 Å². The molecule has 4 fully saturated rings. The highest BCUT2D eigenvalue weighted by Gasteiger charge is 2.45. The molecule has 2 saturated heterocycles. The number of piperidine rings is 2. The first kappa shape index (κ1) is 24.9. The van der Waals surface area contributed by atoms with Crippen LogP contribution in [-0.2, 0) is 0 Å². The summed E-state index contributed by atoms with van der Waals surface area (Å²) in [6.45, 7) is 5.69. The monoisotopic (exact) mass is 490 g/mol. The molecule has 2 saturated carbocycles. The number of nitrogens with zero attached hydrogens (tertiary/aromatic N) is 4. The third-order valence-electron chi connectivity index (χ3n) is 10.7. The molecular weight excluding hydrogens is 440 g/mol. The average molecular weight is 491 g/mol. The van der Waals surface area contributed by atoms with Gasteiger partial charge in [-0.15, -0.1) is 0 Å². The van der Waals surface area contributed by atoms with Crippen molar-refractivity contribution in [3.63, 3.8) is 0 Å². The van der Waals surface area contributed by atoms with Gasteiger partial charge in [-0.2, -0.15) is 0 Å². The lowest BCUT2D eigenvalue weighted by Crippen LogP contribution is -2.58. The van der Waals surface area contributed by atoms with Crippen molar-refractivity contribution in [3.05, 3.63) is 30.1 Å². The number of rotatable bonds is 7. The summed E-state index contributed by atoms with van der Waals surface area (Å²) in [5.74, 6) is 3.36. The Morgan fingerprint density at radius 1 is 0.833 bits per heavy atom. The maximum absolute atomic E-state index is 5.34. The summed E-state index contributed by atoms with van der Waals surface area (Å²) in [5.41, 5.74) is 2.57. The molecule has 4 nitrogen and oxygen atoms in total. The fourth-order valence-electron chi connectivity index (χ4n) is 9.03. The molecule has 6 rings (SSSR count). The van der Waals surface area contributed by atoms with Crippen molar-refractivity contribution in [2.24, 2.45) is 11.8 Å². The Morgan fingerprint density at radius 3 is 2.19 bits per heavy atom. The molecule has 0 amide bonds. The quantitative estimate of drug-likeness (QED) is 0.396. The van der Waals surface area contributed by atoms with E-state index in [4.69, 9.17) is 4.98 Å². The normalized spacial score (nSPS) is 34.1. The first-order chi connectivity index (χ1) is 17.7. The van der Waals surface area contributed by atoms with Crippen LogP contribution in [-0.4, -0.2) is 51.1 Å². The molecule has 2 aromatic rings. The fraction of sp³-hybridized carbons (Fsp3) is 0.781. The molecule has 3 heterocycles. The lowest BCUT2D eigenvalue weighted by atomic mass is 9.73. The van der Waals surface area contributed by atoms with E-state index in [0.29, 0.717) is 12.1 Å². The van der Waals surface area contributed by atoms with Gasteiger partial charge in [0.25, 0.3) is 0 Å². The molecule has 0 radical (unpaired) electrons. The molecule has 2 aliphatic carbocycles. The third-order valence-corrected chi connectivity index (χ3v) is 10.7. The molecule has 36 heavy (non-hydrogen) atoms. The Balaban J connectivity index is 1.32. The number of hydrogen-bond donors (Lipinski definition) is 0. The van der Waals surface area contributed by atoms with Crippen molar-refractivity contribution in [1.82, 2.24) is 19.4 Å². The second kappa shape index (κ2) is 10.8. The van der Waals surface area contributed by atoms with Crippen LogP contribution >= 0.6 is 0 Å². The first-order valence-corrected chi connectivity index (χ1v) is 15.6. The molecule has 6 atom stereocenters. The zero-order valence-electron chi connectivity index (χ0n) is 23.2. The van der Waals surface area contributed by atoms with E-state index in [0.717, 1.165) is 36.5 Å². The first-order valence-electron chi connectivity index (χ1n) is 15.6. The van der Waals surface area contributed by atoms with Crippen molar-refractivity contribution < 1.29 is 0 Å². The van der Waals surface area contributed by atoms with E-state index in [-0.39, 0.29) is 0 Å². The predicted molar refractivity (Wildman–Crippen MR) is 150 cm³/mol. The van der Waals surface area contributed by atoms with Gasteiger partial charge in [-0.3, -0.25) is 9.80 Å². The van der Waals surface area contributed by atoms with Gasteiger partial charge in [0, 0.05) is 24.2 Å². The maximum atomic E-state index is 5.34. The molecule has 4 heteroatoms. The highest BCUT2D eigenvalue weighted by molar-refractivity contribution is 5.76. The Bertz CT molecular complexity index is 985. The van der Waals surface area contributed by atoms with Gasteiger partial charge < -0.3 is 4.57 Å². The summed E-state index contributed by atoms with van der Waals surface area (Å²) < 4.78 is 2.74. The van der Waals surface area contributed by atoms with Crippen LogP contribution in [0.1, 0.15) is 122 Å². The molecule has 3 unspecified atom stereocenters. The molecule has 0 spiro atoms. The molecular formula is C32H50N4. The van der Waals surface area contributed by atoms with Crippen LogP contribution in [0.5, 0.6) is 0 Å². The summed E-state index contributed by atoms with van der Waals surface area (Å²) in [7, 11) is 2.30. The zero-order valence-corrected chi connectivity index (χ0v) is 23.2. The molecule has 1 aromatic heterocycles. The molecule has 4 aliphatic rings. The van der Waals surface area contributed by atoms with Crippen molar-refractivity contribution in [3.8, 4) is 0 Å². The minimum Gasteiger partial charge on any atom is -0.323 e. The highest BCUT2D eigenvalue weighted by atomic mass is 15.3. The van der Waals surface area contributed by atoms with Gasteiger partial charge in [0.1, 0.15) is 5.82 Å². The van der Waals surface area contributed by atoms with E-state index in [1.54, 1.807) is 0 Å². The number of hydrogen-bond acceptors (Lipinski definition) is 3. The molecule has 2 aliphatic heterocycles. The SMILES string of the molecule is CCC[C@@H](c1nc2ccccc2n1C1C[C@H]2CCC[C@@H](C1)N2C1CC2CCCCC(C2)C1)N(C)CC. The van der Waals surface area contributed by atoms with Crippen molar-refractivity contribution >= 4 is 11.0 Å². The summed E-state index contributed by atoms with van der Waals surface area (Å²) in [4.78, 5) is 11.0. The third kappa shape index (κ3) is 4.66. The van der Waals surface area contributed by atoms with Gasteiger partial charge in [-0.25, -0.2) is 4.98 Å². The van der Waals surface area contributed by atoms with Gasteiger partial charge in [0.05, 0.1) is 17.1 Å². The van der Waals surface area contributed by atoms with Crippen molar-refractivity contribution in [2.45, 2.75) is 134 Å². The zero-order chi connectivity index (χ0) is 24.6. The summed E-state index contributed by atoms with van der Waals surface area (Å²) in [6, 6.07) is 12.4. The summed E-state index contributed by atoms with van der Waals surface area (Å²) in [6.07, 6.45) is 19.8. The number of aromatic nitrogens is 2. The number of para-hydroxylation sites is 2. The summed E-state index contributed by atoms with van der Waals surface area (Å²) in [5, 5.41) is 0. The predicted octanol–water partition coefficient (Wildman–Crippen LogP) is 7.75. The highest BCUT2D eigenvalue weighted by Crippen LogP contribution is 2.48. The van der Waals surface area contributed by atoms with E-state index in [9.17, 15) is 0 Å². The second-order valence-corrected chi connectivity index (χ2v) is 12.9. The van der Waals surface area contributed by atoms with Gasteiger partial charge in [0.15, 0.2) is 0 Å². The molecule has 198 valence electrons. The number of imidazole rings is 1.